The van der Waals surface area contributed by atoms with Crippen LogP contribution in [0.25, 0.3) is 44.4 Å². The van der Waals surface area contributed by atoms with Crippen LogP contribution in [0.2, 0.25) is 0 Å². The van der Waals surface area contributed by atoms with Crippen molar-refractivity contribution in [2.45, 2.75) is 13.8 Å². The van der Waals surface area contributed by atoms with Crippen LogP contribution in [0.5, 0.6) is 23.0 Å². The molecule has 0 spiro atoms. The van der Waals surface area contributed by atoms with E-state index in [1.165, 1.54) is 0 Å². The number of pyridine rings is 2. The number of hydrogen-bond acceptors (Lipinski definition) is 4. The standard InChI is InChI=1S/C34H22N2O2.Pt/c1-21-15-24(30-10-3-4-13-35-30)19-26(17-21)37-27-18-22(2)16-25(20-27)33-34-29(12-14-36-33)28-9-5-7-23-8-6-11-31(38-34)32(23)28;/h3-18H,1-2H3;/q-2;+2. The Labute approximate surface area is 241 Å². The van der Waals surface area contributed by atoms with Gasteiger partial charge in [-0.25, -0.2) is 0 Å². The van der Waals surface area contributed by atoms with Gasteiger partial charge in [0.15, 0.2) is 0 Å². The van der Waals surface area contributed by atoms with Gasteiger partial charge >= 0.3 is 21.1 Å². The quantitative estimate of drug-likeness (QED) is 0.174. The summed E-state index contributed by atoms with van der Waals surface area (Å²) in [6.07, 6.45) is 3.61. The summed E-state index contributed by atoms with van der Waals surface area (Å²) >= 11 is 0. The maximum atomic E-state index is 6.48. The first-order chi connectivity index (χ1) is 18.6. The Kier molecular flexibility index (Phi) is 6.50. The van der Waals surface area contributed by atoms with Crippen LogP contribution < -0.4 is 9.47 Å². The van der Waals surface area contributed by atoms with Crippen molar-refractivity contribution in [3.63, 3.8) is 0 Å². The second-order valence-corrected chi connectivity index (χ2v) is 9.49. The van der Waals surface area contributed by atoms with Crippen molar-refractivity contribution < 1.29 is 30.5 Å². The molecular formula is C34H22N2O2Pt. The van der Waals surface area contributed by atoms with Crippen molar-refractivity contribution in [2.24, 2.45) is 0 Å². The van der Waals surface area contributed by atoms with E-state index in [-0.39, 0.29) is 21.1 Å². The average Bonchev–Trinajstić information content (AvgIpc) is 2.93. The molecule has 0 radical (unpaired) electrons. The monoisotopic (exact) mass is 685 g/mol. The second kappa shape index (κ2) is 10.1. The number of nitrogens with zero attached hydrogens (tertiary/aromatic N) is 2. The van der Waals surface area contributed by atoms with E-state index in [0.717, 1.165) is 67.0 Å². The summed E-state index contributed by atoms with van der Waals surface area (Å²) in [5, 5.41) is 2.27. The molecule has 0 unspecified atom stereocenters. The summed E-state index contributed by atoms with van der Waals surface area (Å²) < 4.78 is 12.8. The first-order valence-corrected chi connectivity index (χ1v) is 12.5. The Bertz CT molecular complexity index is 1850. The molecule has 3 heterocycles. The van der Waals surface area contributed by atoms with E-state index in [1.54, 1.807) is 6.20 Å². The van der Waals surface area contributed by atoms with Crippen LogP contribution in [0.15, 0.2) is 97.3 Å². The molecule has 0 bridgehead atoms. The van der Waals surface area contributed by atoms with E-state index in [9.17, 15) is 0 Å². The van der Waals surface area contributed by atoms with Crippen LogP contribution in [0.1, 0.15) is 11.1 Å². The van der Waals surface area contributed by atoms with Gasteiger partial charge in [-0.2, -0.15) is 0 Å². The molecule has 1 aliphatic rings. The predicted molar refractivity (Wildman–Crippen MR) is 150 cm³/mol. The third-order valence-electron chi connectivity index (χ3n) is 6.67. The van der Waals surface area contributed by atoms with Crippen molar-refractivity contribution in [3.05, 3.63) is 121 Å². The van der Waals surface area contributed by atoms with Gasteiger partial charge in [0.1, 0.15) is 11.5 Å². The number of rotatable bonds is 4. The largest absolute Gasteiger partial charge is 2.00 e. The van der Waals surface area contributed by atoms with Gasteiger partial charge in [-0.15, -0.1) is 34.4 Å². The van der Waals surface area contributed by atoms with Gasteiger partial charge in [-0.1, -0.05) is 80.6 Å². The molecule has 6 aromatic rings. The Morgan fingerprint density at radius 2 is 1.44 bits per heavy atom. The van der Waals surface area contributed by atoms with Crippen molar-refractivity contribution in [3.8, 4) is 56.6 Å². The second-order valence-electron chi connectivity index (χ2n) is 9.49. The maximum absolute atomic E-state index is 6.48. The van der Waals surface area contributed by atoms with Crippen molar-refractivity contribution in [1.82, 2.24) is 9.97 Å². The van der Waals surface area contributed by atoms with Gasteiger partial charge in [-0.05, 0) is 34.8 Å². The van der Waals surface area contributed by atoms with Crippen molar-refractivity contribution >= 4 is 10.8 Å². The molecule has 39 heavy (non-hydrogen) atoms. The molecule has 4 aromatic carbocycles. The third kappa shape index (κ3) is 4.62. The fourth-order valence-corrected chi connectivity index (χ4v) is 5.06. The van der Waals surface area contributed by atoms with E-state index in [0.29, 0.717) is 11.5 Å². The summed E-state index contributed by atoms with van der Waals surface area (Å²) in [4.78, 5) is 9.19. The van der Waals surface area contributed by atoms with Gasteiger partial charge in [-0.3, -0.25) is 0 Å². The number of aryl methyl sites for hydroxylation is 2. The molecule has 1 aliphatic heterocycles. The minimum Gasteiger partial charge on any atom is -0.497 e. The smallest absolute Gasteiger partial charge is 0.497 e. The summed E-state index contributed by atoms with van der Waals surface area (Å²) in [7, 11) is 0. The van der Waals surface area contributed by atoms with Gasteiger partial charge in [0, 0.05) is 40.5 Å². The summed E-state index contributed by atoms with van der Waals surface area (Å²) in [6.45, 7) is 4.07. The Balaban J connectivity index is 0.00000277. The summed E-state index contributed by atoms with van der Waals surface area (Å²) in [6, 6.07) is 35.1. The summed E-state index contributed by atoms with van der Waals surface area (Å²) in [5.41, 5.74) is 7.52. The number of aromatic nitrogens is 2. The van der Waals surface area contributed by atoms with E-state index < -0.39 is 0 Å². The Morgan fingerprint density at radius 1 is 0.692 bits per heavy atom. The van der Waals surface area contributed by atoms with Crippen LogP contribution >= 0.6 is 0 Å². The number of ether oxygens (including phenoxy) is 2. The van der Waals surface area contributed by atoms with Crippen LogP contribution in [-0.2, 0) is 21.1 Å². The van der Waals surface area contributed by atoms with Crippen LogP contribution in [0.3, 0.4) is 0 Å². The van der Waals surface area contributed by atoms with Gasteiger partial charge in [0.2, 0.25) is 0 Å². The zero-order valence-electron chi connectivity index (χ0n) is 21.3. The molecule has 0 amide bonds. The normalized spacial score (nSPS) is 11.3. The summed E-state index contributed by atoms with van der Waals surface area (Å²) in [5.74, 6) is 2.76. The van der Waals surface area contributed by atoms with Gasteiger partial charge in [0.25, 0.3) is 0 Å². The third-order valence-corrected chi connectivity index (χ3v) is 6.67. The average molecular weight is 686 g/mol. The molecule has 0 N–H and O–H groups in total. The molecule has 190 valence electrons. The van der Waals surface area contributed by atoms with E-state index in [2.05, 4.69) is 53.5 Å². The number of fused-ring (bicyclic) bond motifs is 2. The van der Waals surface area contributed by atoms with Crippen molar-refractivity contribution in [1.29, 1.82) is 0 Å². The molecule has 2 aromatic heterocycles. The minimum absolute atomic E-state index is 0. The fraction of sp³-hybridized carbons (Fsp3) is 0.0588. The Hall–Kier alpha value is -4.27. The molecule has 0 fully saturated rings. The molecule has 0 aliphatic carbocycles. The SMILES string of the molecule is Cc1cc(Oc2[c-]c(-c3nccc4c3Oc3cccc5cccc-4c35)cc(C)c2)[c-]c(-c2ccccn2)c1.[Pt+2]. The first-order valence-electron chi connectivity index (χ1n) is 12.5. The molecule has 0 saturated heterocycles. The Morgan fingerprint density at radius 3 is 2.21 bits per heavy atom. The zero-order valence-corrected chi connectivity index (χ0v) is 23.5. The molecular weight excluding hydrogens is 663 g/mol. The maximum Gasteiger partial charge on any atom is 2.00 e. The van der Waals surface area contributed by atoms with E-state index in [1.807, 2.05) is 68.6 Å². The molecule has 0 saturated carbocycles. The topological polar surface area (TPSA) is 44.2 Å². The van der Waals surface area contributed by atoms with E-state index >= 15 is 0 Å². The minimum atomic E-state index is 0. The number of benzene rings is 4. The van der Waals surface area contributed by atoms with Crippen LogP contribution in [0, 0.1) is 26.0 Å². The van der Waals surface area contributed by atoms with E-state index in [4.69, 9.17) is 14.5 Å². The van der Waals surface area contributed by atoms with Crippen molar-refractivity contribution in [2.75, 3.05) is 0 Å². The molecule has 0 atom stereocenters. The first kappa shape index (κ1) is 25.0. The zero-order chi connectivity index (χ0) is 25.6. The number of hydrogen-bond donors (Lipinski definition) is 0. The van der Waals surface area contributed by atoms with Crippen LogP contribution in [-0.4, -0.2) is 9.97 Å². The van der Waals surface area contributed by atoms with Crippen LogP contribution in [0.4, 0.5) is 0 Å². The predicted octanol–water partition coefficient (Wildman–Crippen LogP) is 8.74. The molecule has 7 rings (SSSR count). The van der Waals surface area contributed by atoms with Gasteiger partial charge < -0.3 is 19.4 Å². The molecule has 4 nitrogen and oxygen atoms in total. The molecule has 5 heteroatoms. The van der Waals surface area contributed by atoms with Gasteiger partial charge in [0.05, 0.1) is 0 Å². The fourth-order valence-electron chi connectivity index (χ4n) is 5.06.